The third-order valence-electron chi connectivity index (χ3n) is 7.48. The number of aliphatic hydroxyl groups is 8. The van der Waals surface area contributed by atoms with Gasteiger partial charge < -0.3 is 79.9 Å². The second-order valence-electron chi connectivity index (χ2n) is 10.3. The maximum Gasteiger partial charge on any atom is 0.270 e. The van der Waals surface area contributed by atoms with Crippen molar-refractivity contribution in [3.8, 4) is 28.7 Å². The zero-order valence-corrected chi connectivity index (χ0v) is 22.2. The summed E-state index contributed by atoms with van der Waals surface area (Å²) in [6, 6.07) is 6.11. The van der Waals surface area contributed by atoms with Crippen LogP contribution in [0.2, 0.25) is 0 Å². The van der Waals surface area contributed by atoms with Crippen molar-refractivity contribution in [1.82, 2.24) is 0 Å². The average molecular weight is 614 g/mol. The second-order valence-corrected chi connectivity index (χ2v) is 10.3. The molecule has 0 amide bonds. The van der Waals surface area contributed by atoms with Gasteiger partial charge in [-0.3, -0.25) is 0 Å². The van der Waals surface area contributed by atoms with E-state index in [4.69, 9.17) is 18.9 Å². The summed E-state index contributed by atoms with van der Waals surface area (Å²) < 4.78 is 27.3. The third-order valence-corrected chi connectivity index (χ3v) is 7.48. The Bertz CT molecular complexity index is 1330. The first-order valence-corrected chi connectivity index (χ1v) is 13.2. The van der Waals surface area contributed by atoms with Gasteiger partial charge >= 0.3 is 0 Å². The van der Waals surface area contributed by atoms with Crippen molar-refractivity contribution in [2.45, 2.75) is 67.5 Å². The van der Waals surface area contributed by atoms with Crippen molar-refractivity contribution in [3.63, 3.8) is 0 Å². The zero-order valence-electron chi connectivity index (χ0n) is 22.2. The maximum absolute atomic E-state index is 11.0. The van der Waals surface area contributed by atoms with E-state index in [1.807, 2.05) is 0 Å². The lowest BCUT2D eigenvalue weighted by Crippen LogP contribution is -2.64. The molecule has 0 aliphatic carbocycles. The fraction of sp³-hybridized carbons (Fsp3) is 0.481. The first kappa shape index (κ1) is 31.0. The van der Waals surface area contributed by atoms with Gasteiger partial charge in [0.15, 0.2) is 29.7 Å². The van der Waals surface area contributed by atoms with Crippen molar-refractivity contribution in [1.29, 1.82) is 0 Å². The van der Waals surface area contributed by atoms with Crippen LogP contribution in [0.15, 0.2) is 36.1 Å². The van der Waals surface area contributed by atoms with Crippen LogP contribution in [0.5, 0.6) is 28.7 Å². The number of hydrogen-bond acceptors (Lipinski definition) is 15. The Morgan fingerprint density at radius 1 is 0.698 bits per heavy atom. The van der Waals surface area contributed by atoms with Gasteiger partial charge in [0.05, 0.1) is 24.8 Å². The summed E-state index contributed by atoms with van der Waals surface area (Å²) >= 11 is 0. The summed E-state index contributed by atoms with van der Waals surface area (Å²) in [7, 11) is 0. The highest BCUT2D eigenvalue weighted by molar-refractivity contribution is 5.69. The molecular formula is C27H33O16+. The van der Waals surface area contributed by atoms with Crippen molar-refractivity contribution in [2.75, 3.05) is 13.2 Å². The van der Waals surface area contributed by atoms with Crippen LogP contribution in [0.4, 0.5) is 0 Å². The summed E-state index contributed by atoms with van der Waals surface area (Å²) in [6.07, 6.45) is -16.7. The molecule has 11 atom stereocenters. The minimum absolute atomic E-state index is 0.0914. The number of aromatic hydroxyl groups is 5. The van der Waals surface area contributed by atoms with E-state index in [-0.39, 0.29) is 34.1 Å². The summed E-state index contributed by atoms with van der Waals surface area (Å²) in [5.74, 6) is -1.55. The average Bonchev–Trinajstić information content (AvgIpc) is 2.98. The summed E-state index contributed by atoms with van der Waals surface area (Å²) in [5.41, 5.74) is 0.366. The number of fused-ring (bicyclic) bond motifs is 1. The molecule has 3 aliphatic heterocycles. The molecule has 0 saturated carbocycles. The lowest BCUT2D eigenvalue weighted by Gasteiger charge is -2.46. The molecule has 2 aromatic rings. The van der Waals surface area contributed by atoms with Gasteiger partial charge in [0.2, 0.25) is 6.29 Å². The third kappa shape index (κ3) is 5.89. The van der Waals surface area contributed by atoms with Gasteiger partial charge in [-0.15, -0.1) is 0 Å². The highest BCUT2D eigenvalue weighted by atomic mass is 16.8. The van der Waals surface area contributed by atoms with Gasteiger partial charge in [0.25, 0.3) is 11.9 Å². The Labute approximate surface area is 243 Å². The molecular weight excluding hydrogens is 580 g/mol. The molecule has 1 unspecified atom stereocenters. The molecule has 0 aromatic heterocycles. The van der Waals surface area contributed by atoms with Gasteiger partial charge in [-0.1, -0.05) is 0 Å². The van der Waals surface area contributed by atoms with E-state index in [2.05, 4.69) is 4.74 Å². The van der Waals surface area contributed by atoms with Crippen LogP contribution in [0, 0.1) is 0 Å². The molecule has 3 aliphatic rings. The fourth-order valence-electron chi connectivity index (χ4n) is 5.10. The molecule has 2 aromatic carbocycles. The Balaban J connectivity index is 1.52. The van der Waals surface area contributed by atoms with Crippen LogP contribution in [0.25, 0.3) is 6.08 Å². The quantitative estimate of drug-likeness (QED) is 0.114. The molecule has 43 heavy (non-hydrogen) atoms. The largest absolute Gasteiger partial charge is 0.571 e. The van der Waals surface area contributed by atoms with Gasteiger partial charge in [-0.25, -0.2) is 0 Å². The number of benzene rings is 2. The Hall–Kier alpha value is -3.42. The highest BCUT2D eigenvalue weighted by Crippen LogP contribution is 2.46. The van der Waals surface area contributed by atoms with Crippen molar-refractivity contribution < 1.29 is 79.9 Å². The standard InChI is InChI=1S/C27H32O16/c28-7-17-19(34)21(36)23(38)26(41-17)43-25-22(37)20(35)18(8-29)42-27(25)40-16-6-11-13(32)4-10(30)5-15(11)39-24(16)9-1-2-12(31)14(33)3-9/h1-6,17-38H,7-8H2/p+1/t17-,18+,19-,20-,21+,22+,23-,24?,25-,26+,27-/m1/s1. The molecule has 2 fully saturated rings. The van der Waals surface area contributed by atoms with E-state index in [0.717, 1.165) is 6.07 Å². The minimum atomic E-state index is -1.88. The predicted octanol–water partition coefficient (Wildman–Crippen LogP) is -2.51. The molecule has 0 radical (unpaired) electrons. The van der Waals surface area contributed by atoms with E-state index in [9.17, 15) is 56.2 Å². The monoisotopic (exact) mass is 613 g/mol. The van der Waals surface area contributed by atoms with Crippen LogP contribution < -0.4 is 0 Å². The lowest BCUT2D eigenvalue weighted by atomic mass is 9.97. The molecule has 12 N–H and O–H groups in total. The molecule has 16 nitrogen and oxygen atoms in total. The number of hydrogen-bond donors (Lipinski definition) is 11. The molecule has 16 heteroatoms. The van der Waals surface area contributed by atoms with E-state index in [0.29, 0.717) is 0 Å². The Morgan fingerprint density at radius 2 is 1.35 bits per heavy atom. The predicted molar refractivity (Wildman–Crippen MR) is 139 cm³/mol. The molecule has 0 spiro atoms. The van der Waals surface area contributed by atoms with Gasteiger partial charge in [0.1, 0.15) is 59.8 Å². The Kier molecular flexibility index (Phi) is 8.87. The maximum atomic E-state index is 11.0. The van der Waals surface area contributed by atoms with Crippen molar-refractivity contribution in [2.24, 2.45) is 0 Å². The number of rotatable bonds is 7. The zero-order chi connectivity index (χ0) is 31.2. The summed E-state index contributed by atoms with van der Waals surface area (Å²) in [5, 5.41) is 112. The number of aliphatic hydroxyl groups excluding tert-OH is 7. The SMILES string of the molecule is OC[C@@H]1O[C@@H](OC2=Cc3c(O)cc(O)cc3[OH+]C2c2ccc(O)c(O)c2)[C@H](O[C@@H]2O[C@H](CO)[C@@H](O)[C@H](O)[C@H]2O)[C@@H](O)[C@@H]1O. The van der Waals surface area contributed by atoms with Crippen LogP contribution in [-0.2, 0) is 18.9 Å². The van der Waals surface area contributed by atoms with Crippen molar-refractivity contribution >= 4 is 6.08 Å². The minimum Gasteiger partial charge on any atom is -0.571 e. The normalized spacial score (nSPS) is 35.9. The number of phenols is 4. The molecule has 5 rings (SSSR count). The topological polar surface area (TPSA) is 272 Å². The first-order chi connectivity index (χ1) is 20.4. The van der Waals surface area contributed by atoms with Crippen LogP contribution >= 0.6 is 0 Å². The van der Waals surface area contributed by atoms with E-state index in [1.165, 1.54) is 30.3 Å². The summed E-state index contributed by atoms with van der Waals surface area (Å²) in [6.45, 7) is -1.54. The highest BCUT2D eigenvalue weighted by Gasteiger charge is 2.52. The van der Waals surface area contributed by atoms with Crippen LogP contribution in [0.3, 0.4) is 0 Å². The lowest BCUT2D eigenvalue weighted by molar-refractivity contribution is -0.364. The molecule has 3 heterocycles. The Morgan fingerprint density at radius 3 is 2.00 bits per heavy atom. The number of phenolic OH excluding ortho intramolecular Hbond substituents is 4. The van der Waals surface area contributed by atoms with Crippen molar-refractivity contribution in [3.05, 3.63) is 47.2 Å². The van der Waals surface area contributed by atoms with E-state index >= 15 is 0 Å². The van der Waals surface area contributed by atoms with Gasteiger partial charge in [0, 0.05) is 12.1 Å². The van der Waals surface area contributed by atoms with Gasteiger partial charge in [-0.2, -0.15) is 0 Å². The molecule has 0 bridgehead atoms. The molecule has 2 saturated heterocycles. The van der Waals surface area contributed by atoms with E-state index in [1.54, 1.807) is 0 Å². The fourth-order valence-corrected chi connectivity index (χ4v) is 5.10. The second kappa shape index (κ2) is 12.3. The van der Waals surface area contributed by atoms with Gasteiger partial charge in [-0.05, 0) is 18.2 Å². The van der Waals surface area contributed by atoms with Crippen LogP contribution in [-0.4, -0.2) is 136 Å². The summed E-state index contributed by atoms with van der Waals surface area (Å²) in [4.78, 5) is 0. The smallest absolute Gasteiger partial charge is 0.270 e. The van der Waals surface area contributed by atoms with E-state index < -0.39 is 92.2 Å². The molecule has 236 valence electrons. The first-order valence-electron chi connectivity index (χ1n) is 13.2. The number of ether oxygens (including phenoxy) is 5. The van der Waals surface area contributed by atoms with Crippen LogP contribution in [0.1, 0.15) is 17.2 Å².